The number of nitrogens with one attached hydrogen (secondary N) is 2. The molecule has 0 aliphatic carbocycles. The van der Waals surface area contributed by atoms with Gasteiger partial charge < -0.3 is 20.5 Å². The van der Waals surface area contributed by atoms with Crippen molar-refractivity contribution in [3.05, 3.63) is 12.4 Å². The zero-order chi connectivity index (χ0) is 14.1. The second kappa shape index (κ2) is 7.91. The Hall–Kier alpha value is -1.40. The molecule has 0 radical (unpaired) electrons. The molecule has 0 bridgehead atoms. The van der Waals surface area contributed by atoms with Crippen molar-refractivity contribution in [2.75, 3.05) is 37.4 Å². The molecule has 0 saturated heterocycles. The number of hydrogen-bond acceptors (Lipinski definition) is 6. The summed E-state index contributed by atoms with van der Waals surface area (Å²) in [6.07, 6.45) is 3.12. The van der Waals surface area contributed by atoms with E-state index in [2.05, 4.69) is 27.5 Å². The lowest BCUT2D eigenvalue weighted by Crippen LogP contribution is -2.34. The van der Waals surface area contributed by atoms with E-state index >= 15 is 0 Å². The Morgan fingerprint density at radius 3 is 2.63 bits per heavy atom. The molecule has 1 rings (SSSR count). The van der Waals surface area contributed by atoms with E-state index in [-0.39, 0.29) is 0 Å². The molecule has 1 unspecified atom stereocenters. The van der Waals surface area contributed by atoms with Gasteiger partial charge >= 0.3 is 0 Å². The summed E-state index contributed by atoms with van der Waals surface area (Å²) in [4.78, 5) is 8.25. The number of aromatic nitrogens is 2. The fraction of sp³-hybridized carbons (Fsp3) is 0.692. The van der Waals surface area contributed by atoms with Crippen LogP contribution < -0.4 is 10.6 Å². The van der Waals surface area contributed by atoms with E-state index in [1.807, 2.05) is 6.07 Å². The number of rotatable bonds is 9. The largest absolute Gasteiger partial charge is 0.388 e. The van der Waals surface area contributed by atoms with Crippen molar-refractivity contribution in [2.24, 2.45) is 0 Å². The van der Waals surface area contributed by atoms with Gasteiger partial charge in [0.15, 0.2) is 0 Å². The third kappa shape index (κ3) is 6.35. The SMILES string of the molecule is CCCNc1cc(NCC(C)(O)CCOC)ncn1. The highest BCUT2D eigenvalue weighted by atomic mass is 16.5. The summed E-state index contributed by atoms with van der Waals surface area (Å²) in [5, 5.41) is 16.4. The zero-order valence-electron chi connectivity index (χ0n) is 11.9. The standard InChI is InChI=1S/C13H24N4O2/c1-4-6-14-11-8-12(17-10-16-11)15-9-13(2,18)5-7-19-3/h8,10,18H,4-7,9H2,1-3H3,(H2,14,15,16,17). The van der Waals surface area contributed by atoms with Crippen LogP contribution in [0.25, 0.3) is 0 Å². The van der Waals surface area contributed by atoms with Crippen molar-refractivity contribution in [3.63, 3.8) is 0 Å². The lowest BCUT2D eigenvalue weighted by atomic mass is 10.0. The Labute approximate surface area is 114 Å². The molecular formula is C13H24N4O2. The number of hydrogen-bond donors (Lipinski definition) is 3. The Balaban J connectivity index is 2.48. The fourth-order valence-electron chi connectivity index (χ4n) is 1.50. The summed E-state index contributed by atoms with van der Waals surface area (Å²) >= 11 is 0. The van der Waals surface area contributed by atoms with Crippen LogP contribution in [0.15, 0.2) is 12.4 Å². The van der Waals surface area contributed by atoms with Crippen LogP contribution in [0.5, 0.6) is 0 Å². The maximum atomic E-state index is 10.1. The molecule has 6 heteroatoms. The minimum absolute atomic E-state index is 0.417. The van der Waals surface area contributed by atoms with Gasteiger partial charge in [-0.1, -0.05) is 6.92 Å². The molecule has 0 saturated carbocycles. The predicted molar refractivity (Wildman–Crippen MR) is 76.4 cm³/mol. The molecule has 1 heterocycles. The van der Waals surface area contributed by atoms with Crippen molar-refractivity contribution in [1.29, 1.82) is 0 Å². The number of aliphatic hydroxyl groups is 1. The van der Waals surface area contributed by atoms with E-state index in [4.69, 9.17) is 4.74 Å². The molecule has 19 heavy (non-hydrogen) atoms. The van der Waals surface area contributed by atoms with E-state index in [9.17, 15) is 5.11 Å². The Morgan fingerprint density at radius 2 is 2.00 bits per heavy atom. The molecule has 1 atom stereocenters. The van der Waals surface area contributed by atoms with E-state index in [0.717, 1.165) is 18.8 Å². The van der Waals surface area contributed by atoms with Crippen LogP contribution in [-0.4, -0.2) is 47.5 Å². The maximum Gasteiger partial charge on any atom is 0.131 e. The smallest absolute Gasteiger partial charge is 0.131 e. The molecule has 0 aliphatic rings. The monoisotopic (exact) mass is 268 g/mol. The van der Waals surface area contributed by atoms with Crippen molar-refractivity contribution >= 4 is 11.6 Å². The first-order chi connectivity index (χ1) is 9.07. The van der Waals surface area contributed by atoms with Gasteiger partial charge in [-0.15, -0.1) is 0 Å². The van der Waals surface area contributed by atoms with Gasteiger partial charge in [0.05, 0.1) is 5.60 Å². The summed E-state index contributed by atoms with van der Waals surface area (Å²) in [7, 11) is 1.62. The number of nitrogens with zero attached hydrogens (tertiary/aromatic N) is 2. The third-order valence-electron chi connectivity index (χ3n) is 2.72. The molecule has 0 spiro atoms. The highest BCUT2D eigenvalue weighted by molar-refractivity contribution is 5.46. The van der Waals surface area contributed by atoms with Crippen LogP contribution in [-0.2, 0) is 4.74 Å². The average Bonchev–Trinajstić information content (AvgIpc) is 2.41. The summed E-state index contributed by atoms with van der Waals surface area (Å²) in [6.45, 7) is 5.70. The second-order valence-corrected chi connectivity index (χ2v) is 4.81. The first kappa shape index (κ1) is 15.7. The minimum Gasteiger partial charge on any atom is -0.388 e. The van der Waals surface area contributed by atoms with Crippen LogP contribution in [0.1, 0.15) is 26.7 Å². The van der Waals surface area contributed by atoms with Gasteiger partial charge in [0, 0.05) is 39.3 Å². The minimum atomic E-state index is -0.821. The first-order valence-corrected chi connectivity index (χ1v) is 6.58. The summed E-state index contributed by atoms with van der Waals surface area (Å²) in [5.41, 5.74) is -0.821. The third-order valence-corrected chi connectivity index (χ3v) is 2.72. The van der Waals surface area contributed by atoms with Gasteiger partial charge in [-0.3, -0.25) is 0 Å². The van der Waals surface area contributed by atoms with Gasteiger partial charge in [-0.25, -0.2) is 9.97 Å². The summed E-state index contributed by atoms with van der Waals surface area (Å²) < 4.78 is 4.97. The van der Waals surface area contributed by atoms with E-state index in [1.165, 1.54) is 6.33 Å². The Bertz CT molecular complexity index is 371. The lowest BCUT2D eigenvalue weighted by molar-refractivity contribution is 0.0357. The normalized spacial score (nSPS) is 13.9. The molecule has 0 amide bonds. The van der Waals surface area contributed by atoms with E-state index in [1.54, 1.807) is 14.0 Å². The van der Waals surface area contributed by atoms with E-state index < -0.39 is 5.60 Å². The molecule has 1 aromatic rings. The lowest BCUT2D eigenvalue weighted by Gasteiger charge is -2.23. The van der Waals surface area contributed by atoms with Crippen molar-refractivity contribution in [3.8, 4) is 0 Å². The molecule has 0 aromatic carbocycles. The Morgan fingerprint density at radius 1 is 1.32 bits per heavy atom. The molecule has 0 aliphatic heterocycles. The van der Waals surface area contributed by atoms with Crippen molar-refractivity contribution < 1.29 is 9.84 Å². The van der Waals surface area contributed by atoms with Gasteiger partial charge in [-0.2, -0.15) is 0 Å². The van der Waals surface area contributed by atoms with Crippen LogP contribution >= 0.6 is 0 Å². The molecule has 108 valence electrons. The summed E-state index contributed by atoms with van der Waals surface area (Å²) in [5.74, 6) is 1.49. The highest BCUT2D eigenvalue weighted by Gasteiger charge is 2.19. The maximum absolute atomic E-state index is 10.1. The number of ether oxygens (including phenoxy) is 1. The quantitative estimate of drug-likeness (QED) is 0.630. The van der Waals surface area contributed by atoms with Crippen LogP contribution in [0.2, 0.25) is 0 Å². The van der Waals surface area contributed by atoms with E-state index in [0.29, 0.717) is 25.4 Å². The molecular weight excluding hydrogens is 244 g/mol. The van der Waals surface area contributed by atoms with Gasteiger partial charge in [0.25, 0.3) is 0 Å². The van der Waals surface area contributed by atoms with Crippen LogP contribution in [0.3, 0.4) is 0 Å². The van der Waals surface area contributed by atoms with Crippen LogP contribution in [0.4, 0.5) is 11.6 Å². The predicted octanol–water partition coefficient (Wildman–Crippen LogP) is 1.50. The Kier molecular flexibility index (Phi) is 6.52. The highest BCUT2D eigenvalue weighted by Crippen LogP contribution is 2.13. The summed E-state index contributed by atoms with van der Waals surface area (Å²) in [6, 6.07) is 1.84. The van der Waals surface area contributed by atoms with Crippen molar-refractivity contribution in [2.45, 2.75) is 32.3 Å². The second-order valence-electron chi connectivity index (χ2n) is 4.81. The van der Waals surface area contributed by atoms with Crippen LogP contribution in [0, 0.1) is 0 Å². The number of anilines is 2. The zero-order valence-corrected chi connectivity index (χ0v) is 11.9. The first-order valence-electron chi connectivity index (χ1n) is 6.58. The van der Waals surface area contributed by atoms with Gasteiger partial charge in [0.1, 0.15) is 18.0 Å². The van der Waals surface area contributed by atoms with Gasteiger partial charge in [0.2, 0.25) is 0 Å². The molecule has 3 N–H and O–H groups in total. The average molecular weight is 268 g/mol. The van der Waals surface area contributed by atoms with Crippen molar-refractivity contribution in [1.82, 2.24) is 9.97 Å². The van der Waals surface area contributed by atoms with Gasteiger partial charge in [-0.05, 0) is 13.3 Å². The number of methoxy groups -OCH3 is 1. The fourth-order valence-corrected chi connectivity index (χ4v) is 1.50. The molecule has 1 aromatic heterocycles. The molecule has 6 nitrogen and oxygen atoms in total. The topological polar surface area (TPSA) is 79.3 Å². The molecule has 0 fully saturated rings.